The molecule has 25 heavy (non-hydrogen) atoms. The third-order valence-electron chi connectivity index (χ3n) is 3.89. The molecule has 0 saturated heterocycles. The summed E-state index contributed by atoms with van der Waals surface area (Å²) in [5.74, 6) is -0.620. The van der Waals surface area contributed by atoms with Gasteiger partial charge in [-0.15, -0.1) is 0 Å². The number of nitrogens with one attached hydrogen (secondary N) is 2. The van der Waals surface area contributed by atoms with Crippen LogP contribution in [0.4, 0.5) is 11.4 Å². The molecular weight excluding hydrogens is 344 g/mol. The van der Waals surface area contributed by atoms with E-state index in [2.05, 4.69) is 10.6 Å². The number of hydrogen-bond acceptors (Lipinski definition) is 4. The topological polar surface area (TPSA) is 113 Å². The predicted octanol–water partition coefficient (Wildman–Crippen LogP) is 2.42. The second kappa shape index (κ2) is 5.98. The van der Waals surface area contributed by atoms with Crippen LogP contribution < -0.4 is 10.6 Å². The Morgan fingerprint density at radius 1 is 0.960 bits per heavy atom. The summed E-state index contributed by atoms with van der Waals surface area (Å²) in [6.45, 7) is 2.68. The van der Waals surface area contributed by atoms with Gasteiger partial charge in [-0.3, -0.25) is 14.1 Å². The van der Waals surface area contributed by atoms with E-state index >= 15 is 0 Å². The molecule has 1 aliphatic carbocycles. The number of carbonyl (C=O) groups excluding carboxylic acids is 2. The van der Waals surface area contributed by atoms with Crippen molar-refractivity contribution in [3.8, 4) is 11.1 Å². The van der Waals surface area contributed by atoms with E-state index in [-0.39, 0.29) is 16.5 Å². The summed E-state index contributed by atoms with van der Waals surface area (Å²) in [6, 6.07) is 8.25. The van der Waals surface area contributed by atoms with Crippen LogP contribution in [0.3, 0.4) is 0 Å². The first-order valence-electron chi connectivity index (χ1n) is 7.48. The van der Waals surface area contributed by atoms with Gasteiger partial charge in [-0.25, -0.2) is 0 Å². The Labute approximate surface area is 144 Å². The first kappa shape index (κ1) is 17.1. The molecule has 0 aliphatic heterocycles. The number of rotatable bonds is 3. The number of amides is 2. The van der Waals surface area contributed by atoms with Crippen molar-refractivity contribution in [3.63, 3.8) is 0 Å². The molecule has 0 saturated carbocycles. The fourth-order valence-corrected chi connectivity index (χ4v) is 3.67. The standard InChI is InChI=1S/C17H16N2O5S/c1-9(20)18-13-3-4-14-11(6-13)5-12-7-16(19-10(2)21)17(8-15(12)14)25(22,23)24/h3-4,6-8H,5H2,1-2H3,(H,18,20)(H,19,21)(H,22,23,24). The summed E-state index contributed by atoms with van der Waals surface area (Å²) in [6.07, 6.45) is 0.524. The van der Waals surface area contributed by atoms with E-state index in [9.17, 15) is 22.6 Å². The van der Waals surface area contributed by atoms with Crippen molar-refractivity contribution in [2.24, 2.45) is 0 Å². The smallest absolute Gasteiger partial charge is 0.296 e. The summed E-state index contributed by atoms with van der Waals surface area (Å²) in [5.41, 5.74) is 3.93. The number of anilines is 2. The molecule has 1 aliphatic rings. The van der Waals surface area contributed by atoms with Gasteiger partial charge in [-0.2, -0.15) is 8.42 Å². The molecule has 0 bridgehead atoms. The van der Waals surface area contributed by atoms with E-state index < -0.39 is 16.0 Å². The second-order valence-electron chi connectivity index (χ2n) is 5.89. The Kier molecular flexibility index (Phi) is 4.09. The molecule has 7 nitrogen and oxygen atoms in total. The van der Waals surface area contributed by atoms with Gasteiger partial charge in [0, 0.05) is 19.5 Å². The summed E-state index contributed by atoms with van der Waals surface area (Å²) in [5, 5.41) is 5.14. The lowest BCUT2D eigenvalue weighted by molar-refractivity contribution is -0.115. The SMILES string of the molecule is CC(=O)Nc1ccc2c(c1)Cc1cc(NC(C)=O)c(S(=O)(=O)O)cc1-2. The average molecular weight is 360 g/mol. The number of benzene rings is 2. The number of hydrogen-bond donors (Lipinski definition) is 3. The molecule has 8 heteroatoms. The molecule has 2 amide bonds. The lowest BCUT2D eigenvalue weighted by Gasteiger charge is -2.11. The van der Waals surface area contributed by atoms with E-state index in [0.29, 0.717) is 17.7 Å². The number of fused-ring (bicyclic) bond motifs is 3. The van der Waals surface area contributed by atoms with Crippen LogP contribution in [0.15, 0.2) is 35.2 Å². The van der Waals surface area contributed by atoms with Crippen LogP contribution in [0.25, 0.3) is 11.1 Å². The summed E-state index contributed by atoms with van der Waals surface area (Å²) in [4.78, 5) is 22.2. The van der Waals surface area contributed by atoms with Crippen LogP contribution in [0.5, 0.6) is 0 Å². The number of carbonyl (C=O) groups is 2. The van der Waals surface area contributed by atoms with Crippen molar-refractivity contribution in [3.05, 3.63) is 41.5 Å². The first-order chi connectivity index (χ1) is 11.6. The maximum Gasteiger partial charge on any atom is 0.296 e. The van der Waals surface area contributed by atoms with Gasteiger partial charge in [0.1, 0.15) is 4.90 Å². The van der Waals surface area contributed by atoms with E-state index in [1.807, 2.05) is 6.07 Å². The van der Waals surface area contributed by atoms with Crippen molar-refractivity contribution >= 4 is 33.3 Å². The van der Waals surface area contributed by atoms with Gasteiger partial charge >= 0.3 is 0 Å². The van der Waals surface area contributed by atoms with Crippen LogP contribution in [0.1, 0.15) is 25.0 Å². The van der Waals surface area contributed by atoms with Crippen molar-refractivity contribution in [2.75, 3.05) is 10.6 Å². The lowest BCUT2D eigenvalue weighted by atomic mass is 10.0. The molecule has 3 rings (SSSR count). The zero-order valence-electron chi connectivity index (χ0n) is 13.6. The first-order valence-corrected chi connectivity index (χ1v) is 8.92. The Bertz CT molecular complexity index is 1010. The molecule has 0 unspecified atom stereocenters. The van der Waals surface area contributed by atoms with Gasteiger partial charge < -0.3 is 10.6 Å². The quantitative estimate of drug-likeness (QED) is 0.621. The third kappa shape index (κ3) is 3.40. The van der Waals surface area contributed by atoms with Crippen LogP contribution in [0, 0.1) is 0 Å². The minimum Gasteiger partial charge on any atom is -0.326 e. The van der Waals surface area contributed by atoms with Crippen LogP contribution >= 0.6 is 0 Å². The van der Waals surface area contributed by atoms with E-state index in [1.54, 1.807) is 18.2 Å². The molecule has 0 atom stereocenters. The van der Waals surface area contributed by atoms with Crippen LogP contribution in [-0.2, 0) is 26.1 Å². The highest BCUT2D eigenvalue weighted by atomic mass is 32.2. The Balaban J connectivity index is 2.12. The molecule has 0 aromatic heterocycles. The van der Waals surface area contributed by atoms with Gasteiger partial charge in [0.15, 0.2) is 0 Å². The Morgan fingerprint density at radius 2 is 1.60 bits per heavy atom. The third-order valence-corrected chi connectivity index (χ3v) is 4.78. The predicted molar refractivity (Wildman–Crippen MR) is 93.1 cm³/mol. The molecule has 0 spiro atoms. The maximum absolute atomic E-state index is 11.7. The molecule has 0 fully saturated rings. The molecule has 2 aromatic carbocycles. The molecule has 0 heterocycles. The van der Waals surface area contributed by atoms with E-state index in [4.69, 9.17) is 0 Å². The monoisotopic (exact) mass is 360 g/mol. The summed E-state index contributed by atoms with van der Waals surface area (Å²) in [7, 11) is -4.50. The fourth-order valence-electron chi connectivity index (χ4n) is 3.01. The van der Waals surface area contributed by atoms with E-state index in [0.717, 1.165) is 16.7 Å². The largest absolute Gasteiger partial charge is 0.326 e. The van der Waals surface area contributed by atoms with E-state index in [1.165, 1.54) is 19.9 Å². The minimum atomic E-state index is -4.50. The van der Waals surface area contributed by atoms with Crippen molar-refractivity contribution in [1.29, 1.82) is 0 Å². The van der Waals surface area contributed by atoms with Crippen LogP contribution in [0.2, 0.25) is 0 Å². The molecular formula is C17H16N2O5S. The summed E-state index contributed by atoms with van der Waals surface area (Å²) < 4.78 is 32.8. The minimum absolute atomic E-state index is 0.0450. The van der Waals surface area contributed by atoms with Crippen molar-refractivity contribution in [1.82, 2.24) is 0 Å². The van der Waals surface area contributed by atoms with Gasteiger partial charge in [0.2, 0.25) is 11.8 Å². The molecule has 130 valence electrons. The second-order valence-corrected chi connectivity index (χ2v) is 7.28. The van der Waals surface area contributed by atoms with Gasteiger partial charge in [-0.05, 0) is 52.9 Å². The summed E-state index contributed by atoms with van der Waals surface area (Å²) >= 11 is 0. The lowest BCUT2D eigenvalue weighted by Crippen LogP contribution is -2.11. The van der Waals surface area contributed by atoms with Gasteiger partial charge in [-0.1, -0.05) is 6.07 Å². The Morgan fingerprint density at radius 3 is 2.20 bits per heavy atom. The fraction of sp³-hybridized carbons (Fsp3) is 0.176. The highest BCUT2D eigenvalue weighted by Gasteiger charge is 2.25. The van der Waals surface area contributed by atoms with Crippen molar-refractivity contribution < 1.29 is 22.6 Å². The molecule has 0 radical (unpaired) electrons. The van der Waals surface area contributed by atoms with Gasteiger partial charge in [0.05, 0.1) is 5.69 Å². The zero-order chi connectivity index (χ0) is 18.4. The maximum atomic E-state index is 11.7. The molecule has 2 aromatic rings. The van der Waals surface area contributed by atoms with Gasteiger partial charge in [0.25, 0.3) is 10.1 Å². The molecule has 3 N–H and O–H groups in total. The Hall–Kier alpha value is -2.71. The van der Waals surface area contributed by atoms with Crippen molar-refractivity contribution in [2.45, 2.75) is 25.2 Å². The average Bonchev–Trinajstić information content (AvgIpc) is 2.80. The highest BCUT2D eigenvalue weighted by Crippen LogP contribution is 2.41. The zero-order valence-corrected chi connectivity index (χ0v) is 14.4. The highest BCUT2D eigenvalue weighted by molar-refractivity contribution is 7.86. The normalized spacial score (nSPS) is 12.3. The van der Waals surface area contributed by atoms with Crippen LogP contribution in [-0.4, -0.2) is 24.8 Å².